The third-order valence-corrected chi connectivity index (χ3v) is 3.79. The first kappa shape index (κ1) is 7.71. The van der Waals surface area contributed by atoms with Crippen molar-refractivity contribution in [3.63, 3.8) is 0 Å². The Morgan fingerprint density at radius 1 is 1.15 bits per heavy atom. The van der Waals surface area contributed by atoms with Gasteiger partial charge in [-0.25, -0.2) is 0 Å². The molecule has 1 aliphatic rings. The highest BCUT2D eigenvalue weighted by Gasteiger charge is 2.14. The van der Waals surface area contributed by atoms with Crippen molar-refractivity contribution in [2.75, 3.05) is 4.72 Å². The van der Waals surface area contributed by atoms with Crippen molar-refractivity contribution in [1.82, 2.24) is 0 Å². The van der Waals surface area contributed by atoms with Gasteiger partial charge < -0.3 is 4.72 Å². The van der Waals surface area contributed by atoms with Gasteiger partial charge in [-0.15, -0.1) is 0 Å². The third-order valence-electron chi connectivity index (χ3n) is 2.22. The molecular weight excluding hydrogens is 246 g/mol. The van der Waals surface area contributed by atoms with E-state index in [1.165, 1.54) is 21.4 Å². The molecule has 64 valence electrons. The van der Waals surface area contributed by atoms with Crippen molar-refractivity contribution in [1.29, 1.82) is 0 Å². The maximum atomic E-state index is 3.56. The second kappa shape index (κ2) is 2.66. The van der Waals surface area contributed by atoms with Crippen LogP contribution in [-0.4, -0.2) is 0 Å². The molecule has 0 radical (unpaired) electrons. The van der Waals surface area contributed by atoms with Crippen molar-refractivity contribution in [3.05, 3.63) is 34.8 Å². The summed E-state index contributed by atoms with van der Waals surface area (Å²) in [5.41, 5.74) is 1.22. The Kier molecular flexibility index (Phi) is 1.58. The second-order valence-electron chi connectivity index (χ2n) is 2.98. The first-order valence-electron chi connectivity index (χ1n) is 4.00. The Labute approximate surface area is 88.8 Å². The Morgan fingerprint density at radius 3 is 3.00 bits per heavy atom. The van der Waals surface area contributed by atoms with Gasteiger partial charge in [0.2, 0.25) is 0 Å². The zero-order valence-corrected chi connectivity index (χ0v) is 9.08. The third kappa shape index (κ3) is 1.00. The Balaban J connectivity index is 2.58. The van der Waals surface area contributed by atoms with E-state index in [0.29, 0.717) is 0 Å². The van der Waals surface area contributed by atoms with Crippen LogP contribution in [0.15, 0.2) is 39.7 Å². The molecular formula is C10H6BrNS. The fraction of sp³-hybridized carbons (Fsp3) is 0. The van der Waals surface area contributed by atoms with Crippen LogP contribution >= 0.6 is 27.9 Å². The van der Waals surface area contributed by atoms with E-state index >= 15 is 0 Å². The number of hydrogen-bond donors (Lipinski definition) is 1. The van der Waals surface area contributed by atoms with Crippen molar-refractivity contribution >= 4 is 44.3 Å². The second-order valence-corrected chi connectivity index (χ2v) is 4.68. The molecule has 1 heterocycles. The monoisotopic (exact) mass is 251 g/mol. The summed E-state index contributed by atoms with van der Waals surface area (Å²) in [6.45, 7) is 0. The summed E-state index contributed by atoms with van der Waals surface area (Å²) in [7, 11) is 0. The van der Waals surface area contributed by atoms with Crippen LogP contribution in [0.1, 0.15) is 0 Å². The minimum absolute atomic E-state index is 1.16. The van der Waals surface area contributed by atoms with Gasteiger partial charge in [0.1, 0.15) is 0 Å². The number of nitrogens with one attached hydrogen (secondary N) is 1. The Morgan fingerprint density at radius 2 is 2.08 bits per heavy atom. The van der Waals surface area contributed by atoms with Crippen molar-refractivity contribution in [2.24, 2.45) is 0 Å². The highest BCUT2D eigenvalue weighted by molar-refractivity contribution is 9.10. The lowest BCUT2D eigenvalue weighted by Crippen LogP contribution is -1.78. The average Bonchev–Trinajstić information content (AvgIpc) is 2.57. The summed E-state index contributed by atoms with van der Waals surface area (Å²) in [6.07, 6.45) is 0. The molecule has 1 aliphatic heterocycles. The average molecular weight is 252 g/mol. The molecule has 0 aromatic heterocycles. The van der Waals surface area contributed by atoms with E-state index in [9.17, 15) is 0 Å². The molecule has 0 unspecified atom stereocenters. The smallest absolute Gasteiger partial charge is 0.0534 e. The molecule has 3 heteroatoms. The summed E-state index contributed by atoms with van der Waals surface area (Å²) < 4.78 is 4.46. The summed E-state index contributed by atoms with van der Waals surface area (Å²) >= 11 is 5.24. The van der Waals surface area contributed by atoms with E-state index < -0.39 is 0 Å². The van der Waals surface area contributed by atoms with Crippen LogP contribution in [0.4, 0.5) is 5.69 Å². The molecule has 0 amide bonds. The van der Waals surface area contributed by atoms with E-state index in [-0.39, 0.29) is 0 Å². The standard InChI is InChI=1S/C10H6BrNS/c11-7-4-5-8-10-6(7)2-1-3-9(10)13-12-8/h1-5,12H. The van der Waals surface area contributed by atoms with Crippen LogP contribution in [0.5, 0.6) is 0 Å². The van der Waals surface area contributed by atoms with Gasteiger partial charge in [0, 0.05) is 14.8 Å². The zero-order chi connectivity index (χ0) is 8.84. The molecule has 1 N–H and O–H groups in total. The molecule has 13 heavy (non-hydrogen) atoms. The predicted octanol–water partition coefficient (Wildman–Crippen LogP) is 4.03. The van der Waals surface area contributed by atoms with Gasteiger partial charge in [0.15, 0.2) is 0 Å². The molecule has 0 atom stereocenters. The van der Waals surface area contributed by atoms with Crippen LogP contribution in [0.25, 0.3) is 10.8 Å². The summed E-state index contributed by atoms with van der Waals surface area (Å²) in [6, 6.07) is 10.6. The summed E-state index contributed by atoms with van der Waals surface area (Å²) in [5.74, 6) is 0. The minimum Gasteiger partial charge on any atom is -0.325 e. The van der Waals surface area contributed by atoms with Crippen LogP contribution in [-0.2, 0) is 0 Å². The molecule has 2 aromatic carbocycles. The summed E-state index contributed by atoms with van der Waals surface area (Å²) in [4.78, 5) is 1.31. The van der Waals surface area contributed by atoms with Crippen molar-refractivity contribution in [3.8, 4) is 0 Å². The lowest BCUT2D eigenvalue weighted by atomic mass is 10.1. The topological polar surface area (TPSA) is 12.0 Å². The van der Waals surface area contributed by atoms with Gasteiger partial charge in [-0.3, -0.25) is 0 Å². The van der Waals surface area contributed by atoms with Crippen LogP contribution in [0.3, 0.4) is 0 Å². The van der Waals surface area contributed by atoms with E-state index in [1.54, 1.807) is 11.9 Å². The quantitative estimate of drug-likeness (QED) is 0.710. The van der Waals surface area contributed by atoms with Crippen LogP contribution in [0, 0.1) is 0 Å². The minimum atomic E-state index is 1.16. The Hall–Kier alpha value is -0.670. The number of benzene rings is 2. The van der Waals surface area contributed by atoms with E-state index in [1.807, 2.05) is 0 Å². The fourth-order valence-electron chi connectivity index (χ4n) is 1.62. The number of halogens is 1. The highest BCUT2D eigenvalue weighted by Crippen LogP contribution is 2.42. The van der Waals surface area contributed by atoms with Gasteiger partial charge in [0.25, 0.3) is 0 Å². The molecule has 0 saturated carbocycles. The van der Waals surface area contributed by atoms with Gasteiger partial charge in [0.05, 0.1) is 5.69 Å². The van der Waals surface area contributed by atoms with Gasteiger partial charge >= 0.3 is 0 Å². The molecule has 2 aromatic rings. The van der Waals surface area contributed by atoms with Crippen LogP contribution in [0.2, 0.25) is 0 Å². The van der Waals surface area contributed by atoms with Gasteiger partial charge in [-0.05, 0) is 35.5 Å². The van der Waals surface area contributed by atoms with Gasteiger partial charge in [-0.2, -0.15) is 0 Å². The first-order valence-corrected chi connectivity index (χ1v) is 5.61. The van der Waals surface area contributed by atoms with Crippen LogP contribution < -0.4 is 4.72 Å². The summed E-state index contributed by atoms with van der Waals surface area (Å²) in [5, 5.41) is 2.62. The molecule has 0 aliphatic carbocycles. The Bertz CT molecular complexity index is 485. The molecule has 0 fully saturated rings. The molecule has 0 saturated heterocycles. The van der Waals surface area contributed by atoms with E-state index in [2.05, 4.69) is 51.0 Å². The van der Waals surface area contributed by atoms with Crippen molar-refractivity contribution < 1.29 is 0 Å². The molecule has 0 spiro atoms. The molecule has 0 bridgehead atoms. The van der Waals surface area contributed by atoms with E-state index in [0.717, 1.165) is 4.47 Å². The molecule has 3 rings (SSSR count). The normalized spacial score (nSPS) is 13.3. The van der Waals surface area contributed by atoms with E-state index in [4.69, 9.17) is 0 Å². The predicted molar refractivity (Wildman–Crippen MR) is 61.1 cm³/mol. The highest BCUT2D eigenvalue weighted by atomic mass is 79.9. The molecule has 1 nitrogen and oxygen atoms in total. The number of anilines is 1. The van der Waals surface area contributed by atoms with Crippen molar-refractivity contribution in [2.45, 2.75) is 4.90 Å². The number of hydrogen-bond acceptors (Lipinski definition) is 2. The zero-order valence-electron chi connectivity index (χ0n) is 6.67. The fourth-order valence-corrected chi connectivity index (χ4v) is 2.94. The van der Waals surface area contributed by atoms with Gasteiger partial charge in [-0.1, -0.05) is 28.1 Å². The lowest BCUT2D eigenvalue weighted by molar-refractivity contribution is 1.57. The first-order chi connectivity index (χ1) is 6.36. The maximum absolute atomic E-state index is 3.56. The lowest BCUT2D eigenvalue weighted by Gasteiger charge is -2.01. The SMILES string of the molecule is Brc1ccc2c3c(cccc13)SN2. The number of rotatable bonds is 0. The largest absolute Gasteiger partial charge is 0.325 e. The maximum Gasteiger partial charge on any atom is 0.0534 e.